The highest BCUT2D eigenvalue weighted by molar-refractivity contribution is 6.04. The lowest BCUT2D eigenvalue weighted by molar-refractivity contribution is -0.155. The van der Waals surface area contributed by atoms with Crippen molar-refractivity contribution in [1.82, 2.24) is 9.78 Å². The number of halogens is 4. The number of hydrogen-bond donors (Lipinski definition) is 0. The molecule has 0 unspecified atom stereocenters. The van der Waals surface area contributed by atoms with Gasteiger partial charge in [0.2, 0.25) is 5.91 Å². The van der Waals surface area contributed by atoms with Crippen molar-refractivity contribution >= 4 is 23.5 Å². The molecule has 0 N–H and O–H groups in total. The fourth-order valence-corrected chi connectivity index (χ4v) is 6.00. The van der Waals surface area contributed by atoms with Crippen LogP contribution in [0.15, 0.2) is 78.9 Å². The van der Waals surface area contributed by atoms with Gasteiger partial charge in [-0.05, 0) is 76.1 Å². The predicted molar refractivity (Wildman–Crippen MR) is 168 cm³/mol. The predicted octanol–water partition coefficient (Wildman–Crippen LogP) is 7.83. The van der Waals surface area contributed by atoms with Crippen LogP contribution < -0.4 is 4.90 Å². The summed E-state index contributed by atoms with van der Waals surface area (Å²) in [6.07, 6.45) is -4.82. The van der Waals surface area contributed by atoms with Gasteiger partial charge in [-0.15, -0.1) is 0 Å². The summed E-state index contributed by atoms with van der Waals surface area (Å²) in [4.78, 5) is 42.3. The van der Waals surface area contributed by atoms with Crippen LogP contribution >= 0.6 is 0 Å². The maximum atomic E-state index is 14.6. The summed E-state index contributed by atoms with van der Waals surface area (Å²) in [7, 11) is 0. The number of Topliss-reactive ketones (excluding diaryl/α,β-unsaturated/α-hetero) is 1. The number of esters is 1. The van der Waals surface area contributed by atoms with Gasteiger partial charge in [0, 0.05) is 36.4 Å². The molecule has 3 aromatic carbocycles. The molecule has 0 fully saturated rings. The van der Waals surface area contributed by atoms with Crippen LogP contribution in [0.3, 0.4) is 0 Å². The Kier molecular flexibility index (Phi) is 9.38. The lowest BCUT2D eigenvalue weighted by atomic mass is 9.74. The zero-order valence-corrected chi connectivity index (χ0v) is 26.5. The zero-order valence-electron chi connectivity index (χ0n) is 26.5. The first kappa shape index (κ1) is 33.6. The van der Waals surface area contributed by atoms with Gasteiger partial charge in [-0.1, -0.05) is 42.5 Å². The van der Waals surface area contributed by atoms with Crippen molar-refractivity contribution in [3.05, 3.63) is 113 Å². The number of ketones is 1. The molecule has 7 nitrogen and oxygen atoms in total. The summed E-state index contributed by atoms with van der Waals surface area (Å²) in [5.41, 5.74) is 0.554. The molecule has 1 amide bonds. The highest BCUT2D eigenvalue weighted by Gasteiger charge is 2.46. The van der Waals surface area contributed by atoms with Crippen LogP contribution in [0.25, 0.3) is 5.69 Å². The zero-order chi connectivity index (χ0) is 34.1. The summed E-state index contributed by atoms with van der Waals surface area (Å²) < 4.78 is 61.6. The minimum atomic E-state index is -4.66. The van der Waals surface area contributed by atoms with Crippen molar-refractivity contribution in [3.8, 4) is 5.69 Å². The van der Waals surface area contributed by atoms with E-state index in [1.807, 2.05) is 30.3 Å². The van der Waals surface area contributed by atoms with Crippen molar-refractivity contribution in [2.45, 2.75) is 64.7 Å². The van der Waals surface area contributed by atoms with E-state index in [4.69, 9.17) is 9.84 Å². The van der Waals surface area contributed by atoms with Crippen LogP contribution in [0.1, 0.15) is 78.7 Å². The van der Waals surface area contributed by atoms with E-state index in [-0.39, 0.29) is 24.9 Å². The molecular formula is C36H35F4N3O4. The second-order valence-corrected chi connectivity index (χ2v) is 12.6. The number of anilines is 1. The Morgan fingerprint density at radius 3 is 2.26 bits per heavy atom. The van der Waals surface area contributed by atoms with E-state index in [0.29, 0.717) is 28.3 Å². The first-order chi connectivity index (χ1) is 22.1. The van der Waals surface area contributed by atoms with E-state index >= 15 is 0 Å². The monoisotopic (exact) mass is 649 g/mol. The smallest absolute Gasteiger partial charge is 0.416 e. The Balaban J connectivity index is 1.61. The molecule has 11 heteroatoms. The summed E-state index contributed by atoms with van der Waals surface area (Å²) in [6, 6.07) is 18.8. The van der Waals surface area contributed by atoms with Gasteiger partial charge >= 0.3 is 12.1 Å². The van der Waals surface area contributed by atoms with Crippen LogP contribution in [0, 0.1) is 18.7 Å². The standard InChI is InChI=1S/C36H35F4N3O4/c1-22-31-32(23-15-17-26(37)18-16-23)28(21-29(44)24-10-8-11-25(20-24)36(38,39)40)34(46)42(19-9-14-30(45)47-35(2,3)4)33(31)43(41-22)27-12-6-5-7-13-27/h5-8,10-13,15-18,20,28,32H,9,14,19,21H2,1-4H3/t28-,32+/m0/s1. The average molecular weight is 650 g/mol. The lowest BCUT2D eigenvalue weighted by Crippen LogP contribution is -2.46. The van der Waals surface area contributed by atoms with Gasteiger partial charge in [-0.25, -0.2) is 9.07 Å². The summed E-state index contributed by atoms with van der Waals surface area (Å²) in [5.74, 6) is -3.43. The number of aryl methyl sites for hydroxylation is 1. The minimum absolute atomic E-state index is 0.0179. The first-order valence-electron chi connectivity index (χ1n) is 15.3. The highest BCUT2D eigenvalue weighted by atomic mass is 19.4. The molecule has 0 spiro atoms. The van der Waals surface area contributed by atoms with Gasteiger partial charge in [0.15, 0.2) is 5.78 Å². The summed E-state index contributed by atoms with van der Waals surface area (Å²) in [5, 5.41) is 4.79. The molecule has 0 saturated heterocycles. The molecule has 0 saturated carbocycles. The molecule has 1 aliphatic heterocycles. The number of amides is 1. The van der Waals surface area contributed by atoms with Gasteiger partial charge in [0.05, 0.1) is 22.9 Å². The third-order valence-corrected chi connectivity index (χ3v) is 7.96. The molecule has 0 radical (unpaired) electrons. The second-order valence-electron chi connectivity index (χ2n) is 12.6. The topological polar surface area (TPSA) is 81.5 Å². The van der Waals surface area contributed by atoms with E-state index in [9.17, 15) is 31.9 Å². The van der Waals surface area contributed by atoms with Crippen LogP contribution in [0.2, 0.25) is 0 Å². The fourth-order valence-electron chi connectivity index (χ4n) is 6.00. The molecule has 0 aliphatic carbocycles. The third-order valence-electron chi connectivity index (χ3n) is 7.96. The van der Waals surface area contributed by atoms with Crippen LogP contribution in [0.4, 0.5) is 23.4 Å². The van der Waals surface area contributed by atoms with Gasteiger partial charge in [0.1, 0.15) is 17.2 Å². The summed E-state index contributed by atoms with van der Waals surface area (Å²) in [6.45, 7) is 7.12. The maximum Gasteiger partial charge on any atom is 0.416 e. The molecule has 5 rings (SSSR count). The molecule has 246 valence electrons. The number of rotatable bonds is 9. The molecule has 1 aliphatic rings. The van der Waals surface area contributed by atoms with Crippen molar-refractivity contribution in [2.24, 2.45) is 5.92 Å². The SMILES string of the molecule is Cc1nn(-c2ccccc2)c2c1[C@H](c1ccc(F)cc1)[C@H](CC(=O)c1cccc(C(F)(F)F)c1)C(=O)N2CCCC(=O)OC(C)(C)C. The number of ether oxygens (including phenoxy) is 1. The number of carbonyl (C=O) groups excluding carboxylic acids is 3. The van der Waals surface area contributed by atoms with Crippen molar-refractivity contribution < 1.29 is 36.7 Å². The van der Waals surface area contributed by atoms with E-state index < -0.39 is 59.1 Å². The molecule has 2 atom stereocenters. The molecule has 1 aromatic heterocycles. The Morgan fingerprint density at radius 2 is 1.62 bits per heavy atom. The Bertz CT molecular complexity index is 1780. The second kappa shape index (κ2) is 13.1. The normalized spacial score (nSPS) is 16.6. The van der Waals surface area contributed by atoms with Crippen LogP contribution in [0.5, 0.6) is 0 Å². The first-order valence-corrected chi connectivity index (χ1v) is 15.3. The van der Waals surface area contributed by atoms with Crippen LogP contribution in [-0.4, -0.2) is 39.6 Å². The number of alkyl halides is 3. The molecule has 4 aromatic rings. The average Bonchev–Trinajstić information content (AvgIpc) is 3.35. The maximum absolute atomic E-state index is 14.6. The van der Waals surface area contributed by atoms with Crippen molar-refractivity contribution in [1.29, 1.82) is 0 Å². The van der Waals surface area contributed by atoms with E-state index in [1.54, 1.807) is 32.4 Å². The largest absolute Gasteiger partial charge is 0.460 e. The van der Waals surface area contributed by atoms with Crippen molar-refractivity contribution in [2.75, 3.05) is 11.4 Å². The van der Waals surface area contributed by atoms with E-state index in [1.165, 1.54) is 35.2 Å². The Morgan fingerprint density at radius 1 is 0.936 bits per heavy atom. The highest BCUT2D eigenvalue weighted by Crippen LogP contribution is 2.47. The number of nitrogens with zero attached hydrogens (tertiary/aromatic N) is 3. The van der Waals surface area contributed by atoms with E-state index in [0.717, 1.165) is 18.2 Å². The minimum Gasteiger partial charge on any atom is -0.460 e. The third kappa shape index (κ3) is 7.45. The lowest BCUT2D eigenvalue weighted by Gasteiger charge is -2.38. The number of aromatic nitrogens is 2. The molecule has 0 bridgehead atoms. The number of para-hydroxylation sites is 1. The molecule has 2 heterocycles. The van der Waals surface area contributed by atoms with Crippen LogP contribution in [-0.2, 0) is 20.5 Å². The number of benzene rings is 3. The summed E-state index contributed by atoms with van der Waals surface area (Å²) >= 11 is 0. The van der Waals surface area contributed by atoms with Gasteiger partial charge < -0.3 is 4.74 Å². The van der Waals surface area contributed by atoms with Gasteiger partial charge in [-0.3, -0.25) is 19.3 Å². The number of carbonyl (C=O) groups is 3. The molecule has 47 heavy (non-hydrogen) atoms. The number of fused-ring (bicyclic) bond motifs is 1. The van der Waals surface area contributed by atoms with E-state index in [2.05, 4.69) is 0 Å². The Labute approximate surface area is 270 Å². The Hall–Kier alpha value is -4.80. The van der Waals surface area contributed by atoms with Gasteiger partial charge in [0.25, 0.3) is 0 Å². The fraction of sp³-hybridized carbons (Fsp3) is 0.333. The van der Waals surface area contributed by atoms with Crippen molar-refractivity contribution in [3.63, 3.8) is 0 Å². The van der Waals surface area contributed by atoms with Gasteiger partial charge in [-0.2, -0.15) is 18.3 Å². The quantitative estimate of drug-likeness (QED) is 0.105. The molecular weight excluding hydrogens is 614 g/mol. The number of hydrogen-bond acceptors (Lipinski definition) is 5.